The molecule has 6 heteroatoms. The molecule has 29 heavy (non-hydrogen) atoms. The topological polar surface area (TPSA) is 59.8 Å². The van der Waals surface area contributed by atoms with Crippen molar-refractivity contribution in [2.45, 2.75) is 44.3 Å². The lowest BCUT2D eigenvalue weighted by Gasteiger charge is -2.15. The van der Waals surface area contributed by atoms with E-state index >= 15 is 0 Å². The van der Waals surface area contributed by atoms with E-state index in [-0.39, 0.29) is 11.9 Å². The van der Waals surface area contributed by atoms with Crippen molar-refractivity contribution >= 4 is 17.7 Å². The second-order valence-corrected chi connectivity index (χ2v) is 8.02. The molecule has 0 bridgehead atoms. The van der Waals surface area contributed by atoms with E-state index in [1.54, 1.807) is 11.8 Å². The highest BCUT2D eigenvalue weighted by Crippen LogP contribution is 2.24. The molecule has 0 fully saturated rings. The summed E-state index contributed by atoms with van der Waals surface area (Å²) in [6, 6.07) is 15.7. The summed E-state index contributed by atoms with van der Waals surface area (Å²) in [5, 5.41) is 12.6. The van der Waals surface area contributed by atoms with E-state index in [0.29, 0.717) is 12.1 Å². The average molecular weight is 407 g/mol. The van der Waals surface area contributed by atoms with Crippen LogP contribution in [0.15, 0.2) is 66.3 Å². The van der Waals surface area contributed by atoms with Gasteiger partial charge in [-0.15, -0.1) is 16.8 Å². The van der Waals surface area contributed by atoms with Crippen molar-refractivity contribution in [1.82, 2.24) is 20.1 Å². The lowest BCUT2D eigenvalue weighted by molar-refractivity contribution is 0.0937. The third-order valence-electron chi connectivity index (χ3n) is 4.56. The van der Waals surface area contributed by atoms with Crippen LogP contribution in [0.2, 0.25) is 0 Å². The molecule has 0 radical (unpaired) electrons. The molecule has 0 spiro atoms. The predicted octanol–water partition coefficient (Wildman–Crippen LogP) is 4.86. The van der Waals surface area contributed by atoms with E-state index in [2.05, 4.69) is 53.3 Å². The molecule has 0 saturated heterocycles. The molecular formula is C23H26N4OS. The number of carbonyl (C=O) groups is 1. The summed E-state index contributed by atoms with van der Waals surface area (Å²) < 4.78 is 2.01. The number of nitrogens with one attached hydrogen (secondary N) is 1. The van der Waals surface area contributed by atoms with Crippen molar-refractivity contribution in [3.05, 3.63) is 89.3 Å². The van der Waals surface area contributed by atoms with Crippen molar-refractivity contribution < 1.29 is 4.79 Å². The summed E-state index contributed by atoms with van der Waals surface area (Å²) >= 11 is 1.63. The van der Waals surface area contributed by atoms with Crippen molar-refractivity contribution in [2.24, 2.45) is 0 Å². The molecule has 1 amide bonds. The Bertz CT molecular complexity index is 994. The van der Waals surface area contributed by atoms with Gasteiger partial charge in [0, 0.05) is 17.9 Å². The minimum atomic E-state index is -0.274. The summed E-state index contributed by atoms with van der Waals surface area (Å²) in [6.07, 6.45) is 1.82. The fourth-order valence-electron chi connectivity index (χ4n) is 2.99. The number of benzene rings is 2. The fourth-order valence-corrected chi connectivity index (χ4v) is 3.90. The maximum absolute atomic E-state index is 12.6. The van der Waals surface area contributed by atoms with Gasteiger partial charge in [0.25, 0.3) is 5.91 Å². The summed E-state index contributed by atoms with van der Waals surface area (Å²) in [5.41, 5.74) is 4.17. The quantitative estimate of drug-likeness (QED) is 0.428. The SMILES string of the molecule is C=CCn1c(SCc2ccc(C)cc2)nnc1[C@H](C)NC(=O)c1cccc(C)c1. The molecular weight excluding hydrogens is 380 g/mol. The van der Waals surface area contributed by atoms with Gasteiger partial charge in [-0.25, -0.2) is 0 Å². The first-order valence-corrected chi connectivity index (χ1v) is 10.6. The van der Waals surface area contributed by atoms with Crippen LogP contribution < -0.4 is 5.32 Å². The number of hydrogen-bond acceptors (Lipinski definition) is 4. The van der Waals surface area contributed by atoms with Crippen LogP contribution in [0.1, 0.15) is 45.8 Å². The van der Waals surface area contributed by atoms with Crippen LogP contribution in [0.4, 0.5) is 0 Å². The van der Waals surface area contributed by atoms with Gasteiger partial charge in [0.05, 0.1) is 6.04 Å². The van der Waals surface area contributed by atoms with Gasteiger partial charge in [0.15, 0.2) is 11.0 Å². The summed E-state index contributed by atoms with van der Waals surface area (Å²) in [7, 11) is 0. The monoisotopic (exact) mass is 406 g/mol. The lowest BCUT2D eigenvalue weighted by Crippen LogP contribution is -2.28. The average Bonchev–Trinajstić information content (AvgIpc) is 3.10. The maximum atomic E-state index is 12.6. The Morgan fingerprint density at radius 3 is 2.62 bits per heavy atom. The van der Waals surface area contributed by atoms with Crippen LogP contribution in [-0.2, 0) is 12.3 Å². The second-order valence-electron chi connectivity index (χ2n) is 7.08. The molecule has 0 aliphatic heterocycles. The minimum Gasteiger partial charge on any atom is -0.342 e. The lowest BCUT2D eigenvalue weighted by atomic mass is 10.1. The van der Waals surface area contributed by atoms with Gasteiger partial charge in [0.2, 0.25) is 0 Å². The van der Waals surface area contributed by atoms with Crippen LogP contribution in [0, 0.1) is 13.8 Å². The van der Waals surface area contributed by atoms with Gasteiger partial charge in [-0.3, -0.25) is 4.79 Å². The number of aryl methyl sites for hydroxylation is 2. The summed E-state index contributed by atoms with van der Waals surface area (Å²) in [4.78, 5) is 12.6. The molecule has 1 aromatic heterocycles. The zero-order chi connectivity index (χ0) is 20.8. The van der Waals surface area contributed by atoms with Crippen molar-refractivity contribution in [3.63, 3.8) is 0 Å². The number of thioether (sulfide) groups is 1. The molecule has 1 heterocycles. The van der Waals surface area contributed by atoms with Gasteiger partial charge < -0.3 is 9.88 Å². The van der Waals surface area contributed by atoms with Crippen LogP contribution in [0.3, 0.4) is 0 Å². The number of hydrogen-bond donors (Lipinski definition) is 1. The molecule has 0 unspecified atom stereocenters. The third-order valence-corrected chi connectivity index (χ3v) is 5.60. The van der Waals surface area contributed by atoms with Gasteiger partial charge >= 0.3 is 0 Å². The zero-order valence-corrected chi connectivity index (χ0v) is 17.9. The number of allylic oxidation sites excluding steroid dienone is 1. The van der Waals surface area contributed by atoms with Crippen LogP contribution in [-0.4, -0.2) is 20.7 Å². The number of carbonyl (C=O) groups excluding carboxylic acids is 1. The first kappa shape index (κ1) is 20.9. The number of aromatic nitrogens is 3. The number of amides is 1. The van der Waals surface area contributed by atoms with E-state index in [1.807, 2.05) is 48.8 Å². The molecule has 1 N–H and O–H groups in total. The van der Waals surface area contributed by atoms with Crippen molar-refractivity contribution in [3.8, 4) is 0 Å². The standard InChI is InChI=1S/C23H26N4OS/c1-5-13-27-21(18(4)24-22(28)20-8-6-7-17(3)14-20)25-26-23(27)29-15-19-11-9-16(2)10-12-19/h5-12,14,18H,1,13,15H2,2-4H3,(H,24,28)/t18-/m0/s1. The molecule has 0 aliphatic carbocycles. The Hall–Kier alpha value is -2.86. The highest BCUT2D eigenvalue weighted by Gasteiger charge is 2.20. The van der Waals surface area contributed by atoms with E-state index in [4.69, 9.17) is 0 Å². The smallest absolute Gasteiger partial charge is 0.251 e. The Balaban J connectivity index is 1.73. The molecule has 150 valence electrons. The highest BCUT2D eigenvalue weighted by molar-refractivity contribution is 7.98. The molecule has 2 aromatic carbocycles. The Labute approximate surface area is 176 Å². The van der Waals surface area contributed by atoms with Crippen LogP contribution in [0.25, 0.3) is 0 Å². The van der Waals surface area contributed by atoms with Crippen LogP contribution in [0.5, 0.6) is 0 Å². The van der Waals surface area contributed by atoms with Crippen molar-refractivity contribution in [2.75, 3.05) is 0 Å². The van der Waals surface area contributed by atoms with Gasteiger partial charge in [-0.05, 0) is 38.5 Å². The Morgan fingerprint density at radius 2 is 1.93 bits per heavy atom. The van der Waals surface area contributed by atoms with Crippen LogP contribution >= 0.6 is 11.8 Å². The fraction of sp³-hybridized carbons (Fsp3) is 0.261. The Morgan fingerprint density at radius 1 is 1.17 bits per heavy atom. The van der Waals surface area contributed by atoms with E-state index in [9.17, 15) is 4.79 Å². The highest BCUT2D eigenvalue weighted by atomic mass is 32.2. The van der Waals surface area contributed by atoms with Crippen molar-refractivity contribution in [1.29, 1.82) is 0 Å². The molecule has 0 saturated carbocycles. The van der Waals surface area contributed by atoms with Gasteiger partial charge in [-0.2, -0.15) is 0 Å². The first-order valence-electron chi connectivity index (χ1n) is 9.58. The van der Waals surface area contributed by atoms with E-state index in [0.717, 1.165) is 22.3 Å². The summed E-state index contributed by atoms with van der Waals surface area (Å²) in [6.45, 7) is 10.4. The largest absolute Gasteiger partial charge is 0.342 e. The van der Waals surface area contributed by atoms with E-state index in [1.165, 1.54) is 11.1 Å². The predicted molar refractivity (Wildman–Crippen MR) is 118 cm³/mol. The molecule has 1 atom stereocenters. The molecule has 3 rings (SSSR count). The normalized spacial score (nSPS) is 11.8. The molecule has 3 aromatic rings. The maximum Gasteiger partial charge on any atom is 0.251 e. The second kappa shape index (κ2) is 9.56. The molecule has 5 nitrogen and oxygen atoms in total. The first-order chi connectivity index (χ1) is 14.0. The number of rotatable bonds is 8. The molecule has 0 aliphatic rings. The third kappa shape index (κ3) is 5.35. The summed E-state index contributed by atoms with van der Waals surface area (Å²) in [5.74, 6) is 1.40. The minimum absolute atomic E-state index is 0.122. The Kier molecular flexibility index (Phi) is 6.88. The van der Waals surface area contributed by atoms with E-state index < -0.39 is 0 Å². The van der Waals surface area contributed by atoms with Gasteiger partial charge in [-0.1, -0.05) is 65.4 Å². The zero-order valence-electron chi connectivity index (χ0n) is 17.1. The number of nitrogens with zero attached hydrogens (tertiary/aromatic N) is 3. The van der Waals surface area contributed by atoms with Gasteiger partial charge in [0.1, 0.15) is 0 Å².